The summed E-state index contributed by atoms with van der Waals surface area (Å²) in [5.41, 5.74) is 6.82. The lowest BCUT2D eigenvalue weighted by Crippen LogP contribution is -2.23. The first-order valence-electron chi connectivity index (χ1n) is 17.4. The van der Waals surface area contributed by atoms with Gasteiger partial charge in [-0.15, -0.1) is 0 Å². The van der Waals surface area contributed by atoms with Crippen molar-refractivity contribution >= 4 is 0 Å². The first-order chi connectivity index (χ1) is 22.7. The fourth-order valence-corrected chi connectivity index (χ4v) is 5.63. The molecule has 3 aromatic carbocycles. The number of nitrogens with zero attached hydrogens (tertiary/aromatic N) is 3. The van der Waals surface area contributed by atoms with Crippen molar-refractivity contribution in [2.75, 3.05) is 19.8 Å². The van der Waals surface area contributed by atoms with Crippen molar-refractivity contribution in [1.82, 2.24) is 15.0 Å². The number of unbranched alkanes of at least 4 members (excludes halogenated alkanes) is 9. The second kappa shape index (κ2) is 18.5. The predicted molar refractivity (Wildman–Crippen MR) is 191 cm³/mol. The molecule has 0 aliphatic rings. The topological polar surface area (TPSA) is 97.6 Å². The van der Waals surface area contributed by atoms with Crippen molar-refractivity contribution in [3.63, 3.8) is 0 Å². The highest BCUT2D eigenvalue weighted by Crippen LogP contribution is 2.33. The van der Waals surface area contributed by atoms with Crippen LogP contribution in [0.25, 0.3) is 34.2 Å². The van der Waals surface area contributed by atoms with Gasteiger partial charge in [-0.2, -0.15) is 0 Å². The van der Waals surface area contributed by atoms with E-state index < -0.39 is 6.10 Å². The number of hydrogen-bond acceptors (Lipinski definition) is 7. The van der Waals surface area contributed by atoms with E-state index in [-0.39, 0.29) is 19.0 Å². The zero-order chi connectivity index (χ0) is 33.6. The SMILES string of the molecule is CCCCCCCCCCCCOCC(O)COc1ccc(-c2nc(-c3ccc(C)c(C)c3)nc(-c3ccc(C)cc3C)n2)c(O)c1. The maximum Gasteiger partial charge on any atom is 0.167 e. The summed E-state index contributed by atoms with van der Waals surface area (Å²) in [6.07, 6.45) is 12.0. The van der Waals surface area contributed by atoms with Crippen molar-refractivity contribution in [3.05, 3.63) is 76.9 Å². The number of aromatic nitrogens is 3. The quantitative estimate of drug-likeness (QED) is 0.0986. The molecule has 0 amide bonds. The van der Waals surface area contributed by atoms with Gasteiger partial charge in [-0.1, -0.05) is 101 Å². The van der Waals surface area contributed by atoms with Gasteiger partial charge in [0.2, 0.25) is 0 Å². The average molecular weight is 640 g/mol. The van der Waals surface area contributed by atoms with E-state index >= 15 is 0 Å². The molecule has 4 aromatic rings. The standard InChI is InChI=1S/C40H53N3O4/c1-6-7-8-9-10-11-12-13-14-15-22-46-26-33(44)27-47-34-19-21-36(37(45)25-34)40-42-38(32-18-17-29(3)30(4)24-32)41-39(43-40)35-20-16-28(2)23-31(35)5/h16-21,23-25,33,44-45H,6-15,22,26-27H2,1-5H3. The molecule has 1 unspecified atom stereocenters. The third-order valence-electron chi connectivity index (χ3n) is 8.63. The number of phenolic OH excluding ortho intramolecular Hbond substituents is 1. The zero-order valence-electron chi connectivity index (χ0n) is 29.0. The lowest BCUT2D eigenvalue weighted by molar-refractivity contribution is 0.0109. The molecular weight excluding hydrogens is 586 g/mol. The lowest BCUT2D eigenvalue weighted by atomic mass is 10.0. The van der Waals surface area contributed by atoms with E-state index in [9.17, 15) is 10.2 Å². The number of aliphatic hydroxyl groups is 1. The Morgan fingerprint density at radius 3 is 1.91 bits per heavy atom. The summed E-state index contributed by atoms with van der Waals surface area (Å²) >= 11 is 0. The Bertz CT molecular complexity index is 1570. The summed E-state index contributed by atoms with van der Waals surface area (Å²) in [5, 5.41) is 21.5. The summed E-state index contributed by atoms with van der Waals surface area (Å²) in [6.45, 7) is 11.4. The number of aryl methyl sites for hydroxylation is 4. The summed E-state index contributed by atoms with van der Waals surface area (Å²) in [4.78, 5) is 14.4. The molecule has 4 rings (SSSR count). The van der Waals surface area contributed by atoms with E-state index in [0.29, 0.717) is 35.4 Å². The molecule has 1 heterocycles. The number of aromatic hydroxyl groups is 1. The van der Waals surface area contributed by atoms with E-state index in [1.165, 1.54) is 63.0 Å². The minimum absolute atomic E-state index is 0.0157. The first-order valence-corrected chi connectivity index (χ1v) is 17.4. The Labute approximate surface area is 281 Å². The van der Waals surface area contributed by atoms with Crippen LogP contribution in [0.15, 0.2) is 54.6 Å². The van der Waals surface area contributed by atoms with Crippen LogP contribution in [0.1, 0.15) is 93.4 Å². The van der Waals surface area contributed by atoms with Crippen LogP contribution in [0, 0.1) is 27.7 Å². The van der Waals surface area contributed by atoms with Gasteiger partial charge in [0, 0.05) is 23.8 Å². The van der Waals surface area contributed by atoms with Crippen LogP contribution < -0.4 is 4.74 Å². The second-order valence-electron chi connectivity index (χ2n) is 12.8. The Kier molecular flexibility index (Phi) is 14.2. The van der Waals surface area contributed by atoms with Gasteiger partial charge in [-0.05, 0) is 69.0 Å². The van der Waals surface area contributed by atoms with E-state index in [4.69, 9.17) is 24.4 Å². The fourth-order valence-electron chi connectivity index (χ4n) is 5.63. The Morgan fingerprint density at radius 2 is 1.26 bits per heavy atom. The molecule has 2 N–H and O–H groups in total. The molecule has 252 valence electrons. The maximum absolute atomic E-state index is 11.1. The van der Waals surface area contributed by atoms with Crippen LogP contribution in [-0.4, -0.2) is 51.1 Å². The Balaban J connectivity index is 1.34. The van der Waals surface area contributed by atoms with E-state index in [1.807, 2.05) is 25.1 Å². The molecule has 0 aliphatic heterocycles. The molecular formula is C40H53N3O4. The number of rotatable bonds is 19. The number of ether oxygens (including phenoxy) is 2. The third-order valence-corrected chi connectivity index (χ3v) is 8.63. The highest BCUT2D eigenvalue weighted by atomic mass is 16.5. The van der Waals surface area contributed by atoms with Crippen LogP contribution in [0.4, 0.5) is 0 Å². The molecule has 0 saturated carbocycles. The molecule has 0 fully saturated rings. The molecule has 0 saturated heterocycles. The van der Waals surface area contributed by atoms with Crippen LogP contribution in [0.2, 0.25) is 0 Å². The zero-order valence-corrected chi connectivity index (χ0v) is 29.0. The smallest absolute Gasteiger partial charge is 0.167 e. The minimum Gasteiger partial charge on any atom is -0.507 e. The Morgan fingerprint density at radius 1 is 0.617 bits per heavy atom. The van der Waals surface area contributed by atoms with Gasteiger partial charge in [0.1, 0.15) is 24.2 Å². The molecule has 7 heteroatoms. The largest absolute Gasteiger partial charge is 0.507 e. The third kappa shape index (κ3) is 11.1. The van der Waals surface area contributed by atoms with Crippen molar-refractivity contribution in [1.29, 1.82) is 0 Å². The normalized spacial score (nSPS) is 12.0. The number of aliphatic hydroxyl groups excluding tert-OH is 1. The molecule has 0 radical (unpaired) electrons. The highest BCUT2D eigenvalue weighted by Gasteiger charge is 2.17. The van der Waals surface area contributed by atoms with Gasteiger partial charge in [0.15, 0.2) is 17.5 Å². The summed E-state index contributed by atoms with van der Waals surface area (Å²) in [5.74, 6) is 1.87. The van der Waals surface area contributed by atoms with E-state index in [1.54, 1.807) is 12.1 Å². The molecule has 1 atom stereocenters. The van der Waals surface area contributed by atoms with Crippen LogP contribution >= 0.6 is 0 Å². The summed E-state index contributed by atoms with van der Waals surface area (Å²) < 4.78 is 11.5. The van der Waals surface area contributed by atoms with Crippen LogP contribution in [0.5, 0.6) is 11.5 Å². The highest BCUT2D eigenvalue weighted by molar-refractivity contribution is 5.71. The van der Waals surface area contributed by atoms with Gasteiger partial charge in [-0.3, -0.25) is 0 Å². The lowest BCUT2D eigenvalue weighted by Gasteiger charge is -2.14. The van der Waals surface area contributed by atoms with Crippen molar-refractivity contribution in [2.45, 2.75) is 105 Å². The molecule has 1 aromatic heterocycles. The fraction of sp³-hybridized carbons (Fsp3) is 0.475. The minimum atomic E-state index is -0.760. The van der Waals surface area contributed by atoms with Gasteiger partial charge < -0.3 is 19.7 Å². The van der Waals surface area contributed by atoms with Crippen molar-refractivity contribution in [2.24, 2.45) is 0 Å². The predicted octanol–water partition coefficient (Wildman–Crippen LogP) is 9.49. The van der Waals surface area contributed by atoms with E-state index in [2.05, 4.69) is 45.9 Å². The van der Waals surface area contributed by atoms with Crippen LogP contribution in [-0.2, 0) is 4.74 Å². The average Bonchev–Trinajstić information content (AvgIpc) is 3.05. The van der Waals surface area contributed by atoms with Gasteiger partial charge in [-0.25, -0.2) is 15.0 Å². The summed E-state index contributed by atoms with van der Waals surface area (Å²) in [7, 11) is 0. The monoisotopic (exact) mass is 639 g/mol. The van der Waals surface area contributed by atoms with Gasteiger partial charge in [0.25, 0.3) is 0 Å². The van der Waals surface area contributed by atoms with E-state index in [0.717, 1.165) is 40.7 Å². The number of benzene rings is 3. The van der Waals surface area contributed by atoms with Crippen molar-refractivity contribution < 1.29 is 19.7 Å². The molecule has 0 aliphatic carbocycles. The molecule has 47 heavy (non-hydrogen) atoms. The molecule has 0 spiro atoms. The second-order valence-corrected chi connectivity index (χ2v) is 12.8. The number of phenols is 1. The van der Waals surface area contributed by atoms with Crippen molar-refractivity contribution in [3.8, 4) is 45.7 Å². The van der Waals surface area contributed by atoms with Crippen LogP contribution in [0.3, 0.4) is 0 Å². The first kappa shape index (κ1) is 36.0. The molecule has 0 bridgehead atoms. The van der Waals surface area contributed by atoms with Gasteiger partial charge >= 0.3 is 0 Å². The Hall–Kier alpha value is -3.81. The summed E-state index contributed by atoms with van der Waals surface area (Å²) in [6, 6.07) is 17.3. The maximum atomic E-state index is 11.1. The molecule has 7 nitrogen and oxygen atoms in total. The van der Waals surface area contributed by atoms with Gasteiger partial charge in [0.05, 0.1) is 12.2 Å². The number of hydrogen-bond donors (Lipinski definition) is 2.